The van der Waals surface area contributed by atoms with Crippen LogP contribution in [0.15, 0.2) is 52.3 Å². The second kappa shape index (κ2) is 9.48. The minimum Gasteiger partial charge on any atom is -0.453 e. The molecule has 1 aliphatic heterocycles. The third-order valence-electron chi connectivity index (χ3n) is 5.31. The van der Waals surface area contributed by atoms with Gasteiger partial charge in [-0.1, -0.05) is 18.2 Å². The number of aryl methyl sites for hydroxylation is 1. The van der Waals surface area contributed by atoms with Crippen molar-refractivity contribution in [3.8, 4) is 0 Å². The fraction of sp³-hybridized carbons (Fsp3) is 0.381. The van der Waals surface area contributed by atoms with Gasteiger partial charge in [-0.2, -0.15) is 15.0 Å². The van der Waals surface area contributed by atoms with Gasteiger partial charge >= 0.3 is 11.7 Å². The highest BCUT2D eigenvalue weighted by molar-refractivity contribution is 5.89. The Hall–Kier alpha value is -3.61. The summed E-state index contributed by atoms with van der Waals surface area (Å²) in [6, 6.07) is 8.32. The number of benzene rings is 1. The lowest BCUT2D eigenvalue weighted by Gasteiger charge is -2.20. The summed E-state index contributed by atoms with van der Waals surface area (Å²) >= 11 is 0. The zero-order valence-corrected chi connectivity index (χ0v) is 17.7. The molecule has 1 aromatic carbocycles. The molecular weight excluding hydrogens is 434 g/mol. The van der Waals surface area contributed by atoms with E-state index in [0.717, 1.165) is 0 Å². The Kier molecular flexibility index (Phi) is 6.49. The topological polar surface area (TPSA) is 162 Å². The first kappa shape index (κ1) is 22.6. The first-order chi connectivity index (χ1) is 15.9. The van der Waals surface area contributed by atoms with E-state index in [2.05, 4.69) is 15.2 Å². The van der Waals surface area contributed by atoms with Crippen molar-refractivity contribution < 1.29 is 24.5 Å². The highest BCUT2D eigenvalue weighted by atomic mass is 16.6. The molecule has 3 heterocycles. The number of hydrogen-bond acceptors (Lipinski definition) is 9. The van der Waals surface area contributed by atoms with Gasteiger partial charge in [0.1, 0.15) is 24.0 Å². The summed E-state index contributed by atoms with van der Waals surface area (Å²) in [7, 11) is 0. The Morgan fingerprint density at radius 3 is 2.73 bits per heavy atom. The smallest absolute Gasteiger partial charge is 0.338 e. The molecule has 0 amide bonds. The van der Waals surface area contributed by atoms with Gasteiger partial charge in [0.25, 0.3) is 5.56 Å². The fourth-order valence-electron chi connectivity index (χ4n) is 3.59. The molecule has 0 spiro atoms. The van der Waals surface area contributed by atoms with E-state index in [0.29, 0.717) is 16.8 Å². The van der Waals surface area contributed by atoms with Crippen molar-refractivity contribution in [1.82, 2.24) is 24.5 Å². The lowest BCUT2D eigenvalue weighted by molar-refractivity contribution is -0.0318. The summed E-state index contributed by atoms with van der Waals surface area (Å²) in [5, 5.41) is 28.4. The lowest BCUT2D eigenvalue weighted by Crippen LogP contribution is -2.39. The molecule has 12 nitrogen and oxygen atoms in total. The molecule has 4 rings (SSSR count). The second-order valence-electron chi connectivity index (χ2n) is 7.71. The summed E-state index contributed by atoms with van der Waals surface area (Å²) < 4.78 is 12.5. The number of nitrogens with zero attached hydrogens (tertiary/aromatic N) is 4. The van der Waals surface area contributed by atoms with Gasteiger partial charge in [0.05, 0.1) is 31.5 Å². The Morgan fingerprint density at radius 2 is 2.00 bits per heavy atom. The van der Waals surface area contributed by atoms with Gasteiger partial charge < -0.3 is 19.7 Å². The number of rotatable bonds is 7. The zero-order valence-electron chi connectivity index (χ0n) is 17.7. The normalized spacial score (nSPS) is 22.4. The number of nitrogens with one attached hydrogen (secondary N) is 1. The number of carbonyl (C=O) groups is 1. The number of hydrogen-bond donors (Lipinski definition) is 3. The Labute approximate surface area is 187 Å². The van der Waals surface area contributed by atoms with Gasteiger partial charge in [0, 0.05) is 11.8 Å². The molecule has 12 heteroatoms. The molecule has 0 aliphatic carbocycles. The fourth-order valence-corrected chi connectivity index (χ4v) is 3.59. The van der Waals surface area contributed by atoms with Gasteiger partial charge in [-0.25, -0.2) is 9.59 Å². The van der Waals surface area contributed by atoms with Crippen molar-refractivity contribution in [2.45, 2.75) is 44.4 Å². The number of aromatic amines is 1. The van der Waals surface area contributed by atoms with E-state index < -0.39 is 48.2 Å². The van der Waals surface area contributed by atoms with Crippen molar-refractivity contribution in [3.63, 3.8) is 0 Å². The molecule has 174 valence electrons. The Balaban J connectivity index is 1.48. The van der Waals surface area contributed by atoms with Crippen molar-refractivity contribution in [3.05, 3.63) is 80.4 Å². The molecular formula is C21H23N5O7. The molecule has 1 fully saturated rings. The molecule has 1 saturated heterocycles. The molecule has 3 aromatic rings. The quantitative estimate of drug-likeness (QED) is 0.371. The predicted octanol–water partition coefficient (Wildman–Crippen LogP) is -1.17. The van der Waals surface area contributed by atoms with E-state index in [1.54, 1.807) is 37.3 Å². The number of H-pyrrole nitrogens is 1. The van der Waals surface area contributed by atoms with Gasteiger partial charge in [-0.05, 0) is 19.1 Å². The van der Waals surface area contributed by atoms with Crippen LogP contribution in [0.1, 0.15) is 21.6 Å². The maximum Gasteiger partial charge on any atom is 0.338 e. The van der Waals surface area contributed by atoms with Crippen molar-refractivity contribution in [1.29, 1.82) is 0 Å². The highest BCUT2D eigenvalue weighted by Gasteiger charge is 2.46. The van der Waals surface area contributed by atoms with Crippen LogP contribution in [0.2, 0.25) is 0 Å². The standard InChI is InChI=1S/C21H23N5O7/c1-12-8-25(21(31)23-19(12)29)9-14-7-22-26(24-14)10-15-18(17(28)16(11-27)32-15)33-20(30)13-5-3-2-4-6-13/h2-8,15-18,27-28H,9-11H2,1H3,(H,23,29,31)/t15-,16-,17-,18-/m1/s1. The van der Waals surface area contributed by atoms with Crippen LogP contribution in [0.5, 0.6) is 0 Å². The molecule has 1 aliphatic rings. The van der Waals surface area contributed by atoms with Gasteiger partial charge in [0.15, 0.2) is 6.10 Å². The van der Waals surface area contributed by atoms with Crippen LogP contribution >= 0.6 is 0 Å². The number of aliphatic hydroxyl groups excluding tert-OH is 2. The van der Waals surface area contributed by atoms with Crippen LogP contribution in [-0.2, 0) is 22.6 Å². The minimum absolute atomic E-state index is 0.0276. The molecule has 0 radical (unpaired) electrons. The minimum atomic E-state index is -1.23. The monoisotopic (exact) mass is 457 g/mol. The van der Waals surface area contributed by atoms with E-state index in [1.165, 1.54) is 21.8 Å². The third-order valence-corrected chi connectivity index (χ3v) is 5.31. The molecule has 0 bridgehead atoms. The van der Waals surface area contributed by atoms with Crippen LogP contribution in [-0.4, -0.2) is 71.8 Å². The number of aliphatic hydroxyl groups is 2. The van der Waals surface area contributed by atoms with Gasteiger partial charge in [-0.3, -0.25) is 14.3 Å². The summed E-state index contributed by atoms with van der Waals surface area (Å²) in [5.74, 6) is -0.631. The van der Waals surface area contributed by atoms with E-state index in [-0.39, 0.29) is 13.1 Å². The average molecular weight is 457 g/mol. The average Bonchev–Trinajstić information content (AvgIpc) is 3.37. The van der Waals surface area contributed by atoms with E-state index >= 15 is 0 Å². The number of ether oxygens (including phenoxy) is 2. The van der Waals surface area contributed by atoms with E-state index in [4.69, 9.17) is 9.47 Å². The molecule has 0 unspecified atom stereocenters. The highest BCUT2D eigenvalue weighted by Crippen LogP contribution is 2.26. The lowest BCUT2D eigenvalue weighted by atomic mass is 10.1. The predicted molar refractivity (Wildman–Crippen MR) is 113 cm³/mol. The number of carbonyl (C=O) groups excluding carboxylic acids is 1. The molecule has 0 saturated carbocycles. The van der Waals surface area contributed by atoms with Gasteiger partial charge in [0.2, 0.25) is 0 Å². The van der Waals surface area contributed by atoms with E-state index in [9.17, 15) is 24.6 Å². The Bertz CT molecular complexity index is 1240. The summed E-state index contributed by atoms with van der Waals surface area (Å²) in [5.41, 5.74) is 0.122. The number of esters is 1. The first-order valence-electron chi connectivity index (χ1n) is 10.3. The van der Waals surface area contributed by atoms with Crippen molar-refractivity contribution in [2.75, 3.05) is 6.61 Å². The van der Waals surface area contributed by atoms with Crippen LogP contribution in [0.3, 0.4) is 0 Å². The maximum atomic E-state index is 12.5. The summed E-state index contributed by atoms with van der Waals surface area (Å²) in [6.07, 6.45) is -1.14. The zero-order chi connectivity index (χ0) is 23.5. The third kappa shape index (κ3) is 4.92. The van der Waals surface area contributed by atoms with Gasteiger partial charge in [-0.15, -0.1) is 0 Å². The molecule has 33 heavy (non-hydrogen) atoms. The first-order valence-corrected chi connectivity index (χ1v) is 10.3. The van der Waals surface area contributed by atoms with Crippen LogP contribution in [0.25, 0.3) is 0 Å². The SMILES string of the molecule is Cc1cn(Cc2cnn(C[C@H]3O[C@H](CO)[C@@H](O)[C@@H]3OC(=O)c3ccccc3)n2)c(=O)[nH]c1=O. The second-order valence-corrected chi connectivity index (χ2v) is 7.71. The van der Waals surface area contributed by atoms with Crippen molar-refractivity contribution >= 4 is 5.97 Å². The molecule has 4 atom stereocenters. The van der Waals surface area contributed by atoms with Crippen LogP contribution in [0, 0.1) is 6.92 Å². The van der Waals surface area contributed by atoms with Crippen molar-refractivity contribution in [2.24, 2.45) is 0 Å². The molecule has 3 N–H and O–H groups in total. The molecule has 2 aromatic heterocycles. The largest absolute Gasteiger partial charge is 0.453 e. The summed E-state index contributed by atoms with van der Waals surface area (Å²) in [4.78, 5) is 39.5. The maximum absolute atomic E-state index is 12.5. The summed E-state index contributed by atoms with van der Waals surface area (Å²) in [6.45, 7) is 1.24. The Morgan fingerprint density at radius 1 is 1.24 bits per heavy atom. The van der Waals surface area contributed by atoms with Crippen LogP contribution in [0.4, 0.5) is 0 Å². The van der Waals surface area contributed by atoms with Crippen LogP contribution < -0.4 is 11.2 Å². The van der Waals surface area contributed by atoms with E-state index in [1.807, 2.05) is 0 Å². The number of aromatic nitrogens is 5.